The molecule has 1 aromatic heterocycles. The van der Waals surface area contributed by atoms with Gasteiger partial charge in [-0.15, -0.1) is 0 Å². The number of hydrogen-bond acceptors (Lipinski definition) is 6. The van der Waals surface area contributed by atoms with Gasteiger partial charge in [-0.25, -0.2) is 0 Å². The summed E-state index contributed by atoms with van der Waals surface area (Å²) in [6.45, 7) is -1.37. The van der Waals surface area contributed by atoms with Crippen LogP contribution in [-0.2, 0) is 4.79 Å². The first-order valence-electron chi connectivity index (χ1n) is 8.48. The van der Waals surface area contributed by atoms with E-state index in [2.05, 4.69) is 20.2 Å². The van der Waals surface area contributed by atoms with Gasteiger partial charge in [-0.05, 0) is 24.3 Å². The summed E-state index contributed by atoms with van der Waals surface area (Å²) in [5, 5.41) is 6.56. The molecule has 7 nitrogen and oxygen atoms in total. The van der Waals surface area contributed by atoms with Gasteiger partial charge in [-0.1, -0.05) is 29.4 Å². The van der Waals surface area contributed by atoms with Crippen LogP contribution < -0.4 is 14.8 Å². The maximum Gasteiger partial charge on any atom is 0.387 e. The molecule has 29 heavy (non-hydrogen) atoms. The molecule has 0 unspecified atom stereocenters. The minimum Gasteiger partial charge on any atom is -0.493 e. The van der Waals surface area contributed by atoms with Crippen molar-refractivity contribution in [1.82, 2.24) is 10.1 Å². The molecule has 0 aliphatic rings. The molecule has 0 aliphatic carbocycles. The zero-order valence-electron chi connectivity index (χ0n) is 15.6. The Morgan fingerprint density at radius 1 is 1.21 bits per heavy atom. The largest absolute Gasteiger partial charge is 0.493 e. The molecule has 1 N–H and O–H groups in total. The van der Waals surface area contributed by atoms with Crippen LogP contribution in [0.25, 0.3) is 17.5 Å². The predicted octanol–water partition coefficient (Wildman–Crippen LogP) is 4.31. The molecule has 0 fully saturated rings. The van der Waals surface area contributed by atoms with Gasteiger partial charge in [0.15, 0.2) is 11.5 Å². The molecule has 0 bridgehead atoms. The van der Waals surface area contributed by atoms with E-state index in [0.29, 0.717) is 23.0 Å². The van der Waals surface area contributed by atoms with Crippen LogP contribution in [-0.4, -0.2) is 29.8 Å². The number of amides is 1. The number of alkyl halides is 2. The maximum atomic E-state index is 12.7. The lowest BCUT2D eigenvalue weighted by molar-refractivity contribution is -0.111. The number of aromatic nitrogens is 2. The highest BCUT2D eigenvalue weighted by Crippen LogP contribution is 2.33. The molecule has 0 aliphatic heterocycles. The van der Waals surface area contributed by atoms with Crippen LogP contribution in [0.4, 0.5) is 14.5 Å². The van der Waals surface area contributed by atoms with Gasteiger partial charge in [-0.3, -0.25) is 4.79 Å². The topological polar surface area (TPSA) is 86.5 Å². The number of aryl methyl sites for hydroxylation is 1. The van der Waals surface area contributed by atoms with E-state index >= 15 is 0 Å². The van der Waals surface area contributed by atoms with Gasteiger partial charge in [0.05, 0.1) is 12.8 Å². The first-order valence-corrected chi connectivity index (χ1v) is 8.48. The van der Waals surface area contributed by atoms with E-state index in [9.17, 15) is 13.6 Å². The fourth-order valence-corrected chi connectivity index (χ4v) is 2.58. The summed E-state index contributed by atoms with van der Waals surface area (Å²) in [6.07, 6.45) is 2.56. The Hall–Kier alpha value is -3.75. The minimum atomic E-state index is -3.03. The molecule has 3 rings (SSSR count). The van der Waals surface area contributed by atoms with Crippen LogP contribution in [0.1, 0.15) is 11.5 Å². The number of rotatable bonds is 7. The Morgan fingerprint density at radius 2 is 2.00 bits per heavy atom. The number of carbonyl (C=O) groups is 1. The molecular formula is C20H17F2N3O4. The number of nitrogens with one attached hydrogen (secondary N) is 1. The summed E-state index contributed by atoms with van der Waals surface area (Å²) in [4.78, 5) is 16.5. The second-order valence-electron chi connectivity index (χ2n) is 5.76. The monoisotopic (exact) mass is 401 g/mol. The van der Waals surface area contributed by atoms with Crippen LogP contribution in [0.3, 0.4) is 0 Å². The molecule has 150 valence electrons. The normalized spacial score (nSPS) is 11.1. The van der Waals surface area contributed by atoms with Crippen molar-refractivity contribution >= 4 is 17.7 Å². The summed E-state index contributed by atoms with van der Waals surface area (Å²) < 4.78 is 40.0. The van der Waals surface area contributed by atoms with Gasteiger partial charge in [0.1, 0.15) is 0 Å². The fourth-order valence-electron chi connectivity index (χ4n) is 2.58. The molecule has 1 amide bonds. The highest BCUT2D eigenvalue weighted by atomic mass is 19.3. The smallest absolute Gasteiger partial charge is 0.387 e. The molecule has 2 aromatic carbocycles. The number of anilines is 1. The lowest BCUT2D eigenvalue weighted by atomic mass is 10.1. The standard InChI is InChI=1S/C20H17F2N3O4/c1-12-23-19(25-29-12)14-7-3-4-8-15(14)24-17(26)11-10-13-6-5-9-16(27-2)18(13)28-20(21)22/h3-11,20H,1-2H3,(H,24,26)/b11-10+. The molecule has 3 aromatic rings. The second kappa shape index (κ2) is 8.96. The number of nitrogens with zero attached hydrogens (tertiary/aromatic N) is 2. The third-order valence-electron chi connectivity index (χ3n) is 3.80. The molecule has 1 heterocycles. The van der Waals surface area contributed by atoms with E-state index in [1.165, 1.54) is 31.4 Å². The molecule has 0 spiro atoms. The number of halogens is 2. The first-order chi connectivity index (χ1) is 14.0. The average molecular weight is 401 g/mol. The quantitative estimate of drug-likeness (QED) is 0.594. The number of ether oxygens (including phenoxy) is 2. The molecule has 9 heteroatoms. The van der Waals surface area contributed by atoms with E-state index in [4.69, 9.17) is 9.26 Å². The van der Waals surface area contributed by atoms with Gasteiger partial charge >= 0.3 is 6.61 Å². The number of para-hydroxylation sites is 2. The van der Waals surface area contributed by atoms with Crippen molar-refractivity contribution in [2.45, 2.75) is 13.5 Å². The zero-order chi connectivity index (χ0) is 20.8. The summed E-state index contributed by atoms with van der Waals surface area (Å²) in [6, 6.07) is 11.5. The summed E-state index contributed by atoms with van der Waals surface area (Å²) in [5.74, 6) is 0.222. The Morgan fingerprint density at radius 3 is 2.69 bits per heavy atom. The van der Waals surface area contributed by atoms with E-state index < -0.39 is 12.5 Å². The zero-order valence-corrected chi connectivity index (χ0v) is 15.6. The highest BCUT2D eigenvalue weighted by molar-refractivity contribution is 6.04. The third kappa shape index (κ3) is 4.95. The molecule has 0 saturated heterocycles. The number of methoxy groups -OCH3 is 1. The van der Waals surface area contributed by atoms with E-state index in [1.54, 1.807) is 37.3 Å². The van der Waals surface area contributed by atoms with E-state index in [0.717, 1.165) is 0 Å². The molecule has 0 atom stereocenters. The van der Waals surface area contributed by atoms with Gasteiger partial charge in [-0.2, -0.15) is 13.8 Å². The summed E-state index contributed by atoms with van der Waals surface area (Å²) >= 11 is 0. The Balaban J connectivity index is 1.81. The molecule has 0 saturated carbocycles. The average Bonchev–Trinajstić information content (AvgIpc) is 3.13. The lowest BCUT2D eigenvalue weighted by Crippen LogP contribution is -2.09. The van der Waals surface area contributed by atoms with Crippen molar-refractivity contribution in [2.75, 3.05) is 12.4 Å². The van der Waals surface area contributed by atoms with E-state index in [-0.39, 0.29) is 17.1 Å². The number of carbonyl (C=O) groups excluding carboxylic acids is 1. The summed E-state index contributed by atoms with van der Waals surface area (Å²) in [5.41, 5.74) is 1.31. The highest BCUT2D eigenvalue weighted by Gasteiger charge is 2.15. The van der Waals surface area contributed by atoms with Crippen LogP contribution in [0.15, 0.2) is 53.1 Å². The minimum absolute atomic E-state index is 0.130. The maximum absolute atomic E-state index is 12.7. The predicted molar refractivity (Wildman–Crippen MR) is 102 cm³/mol. The van der Waals surface area contributed by atoms with E-state index in [1.807, 2.05) is 0 Å². The Bertz CT molecular complexity index is 1030. The van der Waals surface area contributed by atoms with Crippen LogP contribution in [0.2, 0.25) is 0 Å². The van der Waals surface area contributed by atoms with Gasteiger partial charge in [0.2, 0.25) is 17.6 Å². The fraction of sp³-hybridized carbons (Fsp3) is 0.150. The van der Waals surface area contributed by atoms with Crippen molar-refractivity contribution in [3.05, 3.63) is 60.0 Å². The molecule has 0 radical (unpaired) electrons. The lowest BCUT2D eigenvalue weighted by Gasteiger charge is -2.12. The first kappa shape index (κ1) is 20.0. The van der Waals surface area contributed by atoms with Crippen molar-refractivity contribution in [1.29, 1.82) is 0 Å². The van der Waals surface area contributed by atoms with Crippen molar-refractivity contribution < 1.29 is 27.6 Å². The Labute approximate surface area is 165 Å². The van der Waals surface area contributed by atoms with Crippen LogP contribution in [0, 0.1) is 6.92 Å². The Kier molecular flexibility index (Phi) is 6.18. The van der Waals surface area contributed by atoms with Crippen molar-refractivity contribution in [3.63, 3.8) is 0 Å². The number of hydrogen-bond donors (Lipinski definition) is 1. The SMILES string of the molecule is COc1cccc(/C=C/C(=O)Nc2ccccc2-c2noc(C)n2)c1OC(F)F. The second-order valence-corrected chi connectivity index (χ2v) is 5.76. The van der Waals surface area contributed by atoms with Crippen molar-refractivity contribution in [2.24, 2.45) is 0 Å². The van der Waals surface area contributed by atoms with Crippen molar-refractivity contribution in [3.8, 4) is 22.9 Å². The van der Waals surface area contributed by atoms with Crippen LogP contribution >= 0.6 is 0 Å². The molecular weight excluding hydrogens is 384 g/mol. The van der Waals surface area contributed by atoms with Crippen LogP contribution in [0.5, 0.6) is 11.5 Å². The number of benzene rings is 2. The summed E-state index contributed by atoms with van der Waals surface area (Å²) in [7, 11) is 1.34. The van der Waals surface area contributed by atoms with Gasteiger partial charge in [0, 0.05) is 24.1 Å². The van der Waals surface area contributed by atoms with Gasteiger partial charge in [0.25, 0.3) is 0 Å². The van der Waals surface area contributed by atoms with Gasteiger partial charge < -0.3 is 19.3 Å². The third-order valence-corrected chi connectivity index (χ3v) is 3.80.